The molecule has 27 heavy (non-hydrogen) atoms. The van der Waals surface area contributed by atoms with E-state index in [4.69, 9.17) is 5.73 Å². The van der Waals surface area contributed by atoms with E-state index in [1.165, 1.54) is 12.1 Å². The lowest BCUT2D eigenvalue weighted by Gasteiger charge is -2.24. The molecule has 1 heterocycles. The van der Waals surface area contributed by atoms with Crippen molar-refractivity contribution < 1.29 is 18.3 Å². The van der Waals surface area contributed by atoms with Crippen LogP contribution in [0, 0.1) is 0 Å². The highest BCUT2D eigenvalue weighted by molar-refractivity contribution is 5.95. The molecule has 3 atom stereocenters. The number of hydrogen-bond acceptors (Lipinski definition) is 4. The van der Waals surface area contributed by atoms with Crippen molar-refractivity contribution in [1.29, 1.82) is 0 Å². The Hall–Kier alpha value is -2.51. The number of rotatable bonds is 6. The van der Waals surface area contributed by atoms with Gasteiger partial charge in [-0.2, -0.15) is 8.78 Å². The number of carbonyl (C=O) groups excluding carboxylic acids is 1. The van der Waals surface area contributed by atoms with Gasteiger partial charge in [0.25, 0.3) is 0 Å². The summed E-state index contributed by atoms with van der Waals surface area (Å²) in [6.45, 7) is 0.0771. The van der Waals surface area contributed by atoms with Crippen LogP contribution >= 0.6 is 0 Å². The second kappa shape index (κ2) is 8.45. The minimum Gasteiger partial charge on any atom is -0.433 e. The van der Waals surface area contributed by atoms with Crippen molar-refractivity contribution in [2.75, 3.05) is 18.4 Å². The Morgan fingerprint density at radius 3 is 2.52 bits per heavy atom. The molecule has 0 bridgehead atoms. The molecule has 3 rings (SSSR count). The molecule has 144 valence electrons. The Bertz CT molecular complexity index is 773. The highest BCUT2D eigenvalue weighted by Crippen LogP contribution is 2.29. The summed E-state index contributed by atoms with van der Waals surface area (Å²) in [6.07, 6.45) is 0. The van der Waals surface area contributed by atoms with Crippen LogP contribution < -0.4 is 15.8 Å². The molecular formula is C20H23F2N3O2. The van der Waals surface area contributed by atoms with Gasteiger partial charge in [-0.1, -0.05) is 42.5 Å². The number of anilines is 1. The average Bonchev–Trinajstić information content (AvgIpc) is 3.04. The number of amides is 1. The van der Waals surface area contributed by atoms with E-state index in [0.717, 1.165) is 5.56 Å². The summed E-state index contributed by atoms with van der Waals surface area (Å²) in [5.41, 5.74) is 7.66. The molecule has 2 aromatic rings. The third-order valence-corrected chi connectivity index (χ3v) is 4.91. The van der Waals surface area contributed by atoms with Gasteiger partial charge in [-0.05, 0) is 24.6 Å². The van der Waals surface area contributed by atoms with Crippen LogP contribution in [0.3, 0.4) is 0 Å². The van der Waals surface area contributed by atoms with Crippen LogP contribution in [0.15, 0.2) is 54.6 Å². The number of nitrogens with zero attached hydrogens (tertiary/aromatic N) is 1. The van der Waals surface area contributed by atoms with E-state index < -0.39 is 12.7 Å². The minimum atomic E-state index is -2.95. The van der Waals surface area contributed by atoms with Gasteiger partial charge < -0.3 is 15.8 Å². The zero-order valence-corrected chi connectivity index (χ0v) is 15.0. The number of nitrogens with one attached hydrogen (secondary N) is 1. The van der Waals surface area contributed by atoms with Crippen molar-refractivity contribution in [2.24, 2.45) is 5.73 Å². The van der Waals surface area contributed by atoms with Gasteiger partial charge in [-0.3, -0.25) is 9.69 Å². The predicted molar refractivity (Wildman–Crippen MR) is 99.9 cm³/mol. The summed E-state index contributed by atoms with van der Waals surface area (Å²) in [5, 5.41) is 2.68. The predicted octanol–water partition coefficient (Wildman–Crippen LogP) is 3.04. The van der Waals surface area contributed by atoms with Crippen molar-refractivity contribution in [3.63, 3.8) is 0 Å². The zero-order valence-electron chi connectivity index (χ0n) is 15.0. The smallest absolute Gasteiger partial charge is 0.387 e. The Morgan fingerprint density at radius 2 is 1.81 bits per heavy atom. The number of alkyl halides is 2. The van der Waals surface area contributed by atoms with Crippen molar-refractivity contribution >= 4 is 11.6 Å². The Labute approximate surface area is 157 Å². The lowest BCUT2D eigenvalue weighted by molar-refractivity contribution is -0.120. The third-order valence-electron chi connectivity index (χ3n) is 4.91. The van der Waals surface area contributed by atoms with Crippen molar-refractivity contribution in [3.05, 3.63) is 60.2 Å². The summed E-state index contributed by atoms with van der Waals surface area (Å²) < 4.78 is 29.5. The molecule has 3 N–H and O–H groups in total. The Balaban J connectivity index is 1.66. The van der Waals surface area contributed by atoms with E-state index in [-0.39, 0.29) is 29.3 Å². The normalized spacial score (nSPS) is 21.2. The van der Waals surface area contributed by atoms with Gasteiger partial charge in [0.2, 0.25) is 5.91 Å². The minimum absolute atomic E-state index is 0.0617. The largest absolute Gasteiger partial charge is 0.433 e. The molecule has 7 heteroatoms. The monoisotopic (exact) mass is 375 g/mol. The Morgan fingerprint density at radius 1 is 1.15 bits per heavy atom. The van der Waals surface area contributed by atoms with Crippen LogP contribution in [0.2, 0.25) is 0 Å². The van der Waals surface area contributed by atoms with Crippen LogP contribution in [0.5, 0.6) is 5.75 Å². The van der Waals surface area contributed by atoms with E-state index >= 15 is 0 Å². The van der Waals surface area contributed by atoms with Gasteiger partial charge in [0.1, 0.15) is 5.75 Å². The van der Waals surface area contributed by atoms with Gasteiger partial charge in [-0.15, -0.1) is 0 Å². The molecule has 1 saturated heterocycles. The van der Waals surface area contributed by atoms with Gasteiger partial charge >= 0.3 is 6.61 Å². The molecule has 1 amide bonds. The zero-order chi connectivity index (χ0) is 19.4. The third kappa shape index (κ3) is 4.61. The van der Waals surface area contributed by atoms with Gasteiger partial charge in [0.15, 0.2) is 0 Å². The highest BCUT2D eigenvalue weighted by Gasteiger charge is 2.35. The standard InChI is InChI=1S/C20H23F2N3O2/c1-13(19(26)24-17-9-5-6-10-18(17)27-20(21)22)25-11-15(16(23)12-25)14-7-3-2-4-8-14/h2-10,13,15-16,20H,11-12,23H2,1H3,(H,24,26)/t13?,15-,16+/m0/s1. The molecule has 0 aliphatic carbocycles. The van der Waals surface area contributed by atoms with Crippen LogP contribution in [0.4, 0.5) is 14.5 Å². The second-order valence-electron chi connectivity index (χ2n) is 6.67. The molecule has 0 aromatic heterocycles. The lowest BCUT2D eigenvalue weighted by Crippen LogP contribution is -2.41. The highest BCUT2D eigenvalue weighted by atomic mass is 19.3. The van der Waals surface area contributed by atoms with E-state index in [9.17, 15) is 13.6 Å². The fraction of sp³-hybridized carbons (Fsp3) is 0.350. The van der Waals surface area contributed by atoms with Crippen molar-refractivity contribution in [2.45, 2.75) is 31.5 Å². The molecule has 0 saturated carbocycles. The Kier molecular flexibility index (Phi) is 6.03. The van der Waals surface area contributed by atoms with Crippen LogP contribution in [-0.2, 0) is 4.79 Å². The molecule has 1 fully saturated rings. The SMILES string of the molecule is CC(C(=O)Nc1ccccc1OC(F)F)N1C[C@@H](N)[C@H](c2ccccc2)C1. The maximum atomic E-state index is 12.7. The van der Waals surface area contributed by atoms with Crippen molar-refractivity contribution in [3.8, 4) is 5.75 Å². The summed E-state index contributed by atoms with van der Waals surface area (Å²) >= 11 is 0. The molecule has 2 aromatic carbocycles. The first-order valence-corrected chi connectivity index (χ1v) is 8.85. The number of hydrogen-bond donors (Lipinski definition) is 2. The number of nitrogens with two attached hydrogens (primary N) is 1. The molecule has 0 spiro atoms. The van der Waals surface area contributed by atoms with E-state index in [2.05, 4.69) is 10.1 Å². The van der Waals surface area contributed by atoms with Gasteiger partial charge in [-0.25, -0.2) is 0 Å². The van der Waals surface area contributed by atoms with E-state index in [0.29, 0.717) is 13.1 Å². The first-order chi connectivity index (χ1) is 13.0. The summed E-state index contributed by atoms with van der Waals surface area (Å²) in [6, 6.07) is 15.6. The molecule has 1 unspecified atom stereocenters. The maximum absolute atomic E-state index is 12.7. The summed E-state index contributed by atoms with van der Waals surface area (Å²) in [4.78, 5) is 14.7. The number of halogens is 2. The van der Waals surface area contributed by atoms with Crippen LogP contribution in [0.1, 0.15) is 18.4 Å². The first-order valence-electron chi connectivity index (χ1n) is 8.85. The van der Waals surface area contributed by atoms with Gasteiger partial charge in [0, 0.05) is 25.0 Å². The lowest BCUT2D eigenvalue weighted by atomic mass is 9.95. The second-order valence-corrected chi connectivity index (χ2v) is 6.67. The quantitative estimate of drug-likeness (QED) is 0.814. The summed E-state index contributed by atoms with van der Waals surface area (Å²) in [7, 11) is 0. The summed E-state index contributed by atoms with van der Waals surface area (Å²) in [5.74, 6) is -0.203. The molecule has 0 radical (unpaired) electrons. The van der Waals surface area contributed by atoms with E-state index in [1.807, 2.05) is 35.2 Å². The molecular weight excluding hydrogens is 352 g/mol. The maximum Gasteiger partial charge on any atom is 0.387 e. The van der Waals surface area contributed by atoms with E-state index in [1.54, 1.807) is 19.1 Å². The number of carbonyl (C=O) groups is 1. The van der Waals surface area contributed by atoms with Gasteiger partial charge in [0.05, 0.1) is 11.7 Å². The fourth-order valence-electron chi connectivity index (χ4n) is 3.40. The fourth-order valence-corrected chi connectivity index (χ4v) is 3.40. The number of benzene rings is 2. The molecule has 5 nitrogen and oxygen atoms in total. The number of likely N-dealkylation sites (tertiary alicyclic amines) is 1. The average molecular weight is 375 g/mol. The van der Waals surface area contributed by atoms with Crippen LogP contribution in [0.25, 0.3) is 0 Å². The molecule has 1 aliphatic rings. The molecule has 1 aliphatic heterocycles. The number of ether oxygens (including phenoxy) is 1. The van der Waals surface area contributed by atoms with Crippen LogP contribution in [-0.4, -0.2) is 42.6 Å². The topological polar surface area (TPSA) is 67.6 Å². The number of para-hydroxylation sites is 2. The first kappa shape index (κ1) is 19.3. The van der Waals surface area contributed by atoms with Crippen molar-refractivity contribution in [1.82, 2.24) is 4.90 Å².